The maximum absolute atomic E-state index is 13.3. The summed E-state index contributed by atoms with van der Waals surface area (Å²) in [4.78, 5) is 26.2. The highest BCUT2D eigenvalue weighted by atomic mass is 16.5. The quantitative estimate of drug-likeness (QED) is 0.864. The van der Waals surface area contributed by atoms with Crippen molar-refractivity contribution in [2.24, 2.45) is 5.73 Å². The Kier molecular flexibility index (Phi) is 4.12. The number of nitrogens with two attached hydrogens (primary N) is 1. The van der Waals surface area contributed by atoms with Crippen LogP contribution < -0.4 is 5.73 Å². The molecular formula is C23H18N2O3. The molecule has 0 amide bonds. The molecule has 0 radical (unpaired) electrons. The third-order valence-corrected chi connectivity index (χ3v) is 5.22. The molecule has 1 unspecified atom stereocenters. The molecule has 2 N–H and O–H groups in total. The summed E-state index contributed by atoms with van der Waals surface area (Å²) in [6.45, 7) is 4.17. The first kappa shape index (κ1) is 17.7. The van der Waals surface area contributed by atoms with Crippen molar-refractivity contribution in [1.29, 1.82) is 5.26 Å². The number of ether oxygens (including phenoxy) is 1. The monoisotopic (exact) mass is 370 g/mol. The fourth-order valence-corrected chi connectivity index (χ4v) is 3.71. The number of ketones is 2. The molecule has 0 bridgehead atoms. The van der Waals surface area contributed by atoms with E-state index in [1.54, 1.807) is 24.3 Å². The highest BCUT2D eigenvalue weighted by Crippen LogP contribution is 2.44. The average Bonchev–Trinajstić information content (AvgIpc) is 2.71. The molecule has 1 aliphatic carbocycles. The predicted molar refractivity (Wildman–Crippen MR) is 103 cm³/mol. The van der Waals surface area contributed by atoms with Crippen LogP contribution in [-0.4, -0.2) is 11.6 Å². The minimum Gasteiger partial charge on any atom is -0.436 e. The lowest BCUT2D eigenvalue weighted by molar-refractivity contribution is 0.0897. The summed E-state index contributed by atoms with van der Waals surface area (Å²) < 4.78 is 5.49. The van der Waals surface area contributed by atoms with Gasteiger partial charge in [0.1, 0.15) is 11.6 Å². The molecule has 0 fully saturated rings. The van der Waals surface area contributed by atoms with Crippen LogP contribution in [0, 0.1) is 11.3 Å². The van der Waals surface area contributed by atoms with E-state index in [0.717, 1.165) is 11.1 Å². The number of nitrogens with zero attached hydrogens (tertiary/aromatic N) is 1. The van der Waals surface area contributed by atoms with Crippen molar-refractivity contribution in [3.05, 3.63) is 93.6 Å². The zero-order valence-electron chi connectivity index (χ0n) is 15.5. The second kappa shape index (κ2) is 6.50. The fraction of sp³-hybridized carbons (Fsp3) is 0.174. The maximum Gasteiger partial charge on any atom is 0.229 e. The van der Waals surface area contributed by atoms with E-state index in [-0.39, 0.29) is 34.1 Å². The summed E-state index contributed by atoms with van der Waals surface area (Å²) >= 11 is 0. The third-order valence-electron chi connectivity index (χ3n) is 5.22. The van der Waals surface area contributed by atoms with Gasteiger partial charge in [0.25, 0.3) is 0 Å². The molecule has 0 saturated carbocycles. The lowest BCUT2D eigenvalue weighted by Gasteiger charge is -2.31. The summed E-state index contributed by atoms with van der Waals surface area (Å²) in [5, 5.41) is 9.69. The second-order valence-corrected chi connectivity index (χ2v) is 7.19. The molecule has 138 valence electrons. The Hall–Kier alpha value is -3.65. The summed E-state index contributed by atoms with van der Waals surface area (Å²) in [6.07, 6.45) is 0. The van der Waals surface area contributed by atoms with E-state index in [1.165, 1.54) is 0 Å². The van der Waals surface area contributed by atoms with Crippen molar-refractivity contribution in [2.45, 2.75) is 25.7 Å². The van der Waals surface area contributed by atoms with E-state index < -0.39 is 11.7 Å². The Morgan fingerprint density at radius 2 is 1.61 bits per heavy atom. The van der Waals surface area contributed by atoms with Gasteiger partial charge >= 0.3 is 0 Å². The van der Waals surface area contributed by atoms with E-state index in [2.05, 4.69) is 19.9 Å². The summed E-state index contributed by atoms with van der Waals surface area (Å²) in [5.74, 6) is -1.32. The van der Waals surface area contributed by atoms with Gasteiger partial charge in [-0.25, -0.2) is 0 Å². The number of hydrogen-bond donors (Lipinski definition) is 1. The Labute approximate surface area is 162 Å². The zero-order chi connectivity index (χ0) is 20.0. The topological polar surface area (TPSA) is 93.2 Å². The van der Waals surface area contributed by atoms with Crippen molar-refractivity contribution in [3.8, 4) is 6.07 Å². The van der Waals surface area contributed by atoms with E-state index >= 15 is 0 Å². The Bertz CT molecular complexity index is 1120. The lowest BCUT2D eigenvalue weighted by atomic mass is 9.75. The minimum atomic E-state index is -0.736. The number of benzene rings is 2. The highest BCUT2D eigenvalue weighted by molar-refractivity contribution is 6.27. The third kappa shape index (κ3) is 2.54. The molecule has 5 nitrogen and oxygen atoms in total. The number of hydrogen-bond acceptors (Lipinski definition) is 5. The standard InChI is InChI=1S/C23H18N2O3/c1-12(2)13-7-9-14(10-8-13)18-17(11-24)23(25)28-22-19(18)20(26)15-5-3-4-6-16(15)21(22)27/h3-10,12,18H,25H2,1-2H3. The van der Waals surface area contributed by atoms with E-state index in [1.807, 2.05) is 24.3 Å². The molecule has 0 spiro atoms. The normalized spacial score (nSPS) is 18.6. The number of allylic oxidation sites excluding steroid dienone is 3. The van der Waals surface area contributed by atoms with Gasteiger partial charge in [0.15, 0.2) is 11.5 Å². The molecule has 28 heavy (non-hydrogen) atoms. The number of carbonyl (C=O) groups excluding carboxylic acids is 2. The van der Waals surface area contributed by atoms with E-state index in [4.69, 9.17) is 10.5 Å². The fourth-order valence-electron chi connectivity index (χ4n) is 3.71. The first-order valence-corrected chi connectivity index (χ1v) is 9.04. The lowest BCUT2D eigenvalue weighted by Crippen LogP contribution is -2.32. The van der Waals surface area contributed by atoms with Gasteiger partial charge in [-0.05, 0) is 17.0 Å². The summed E-state index contributed by atoms with van der Waals surface area (Å²) in [6, 6.07) is 16.3. The molecule has 1 aliphatic heterocycles. The predicted octanol–water partition coefficient (Wildman–Crippen LogP) is 3.95. The van der Waals surface area contributed by atoms with Crippen LogP contribution in [0.1, 0.15) is 57.5 Å². The molecular weight excluding hydrogens is 352 g/mol. The van der Waals surface area contributed by atoms with Crippen LogP contribution in [-0.2, 0) is 4.74 Å². The number of Topliss-reactive ketones (excluding diaryl/α,β-unsaturated/α-hetero) is 2. The van der Waals surface area contributed by atoms with Crippen LogP contribution in [0.4, 0.5) is 0 Å². The SMILES string of the molecule is CC(C)c1ccc(C2C(C#N)=C(N)OC3=C2C(=O)c2ccccc2C3=O)cc1. The number of fused-ring (bicyclic) bond motifs is 1. The second-order valence-electron chi connectivity index (χ2n) is 7.19. The molecule has 2 aromatic rings. The van der Waals surface area contributed by atoms with Gasteiger partial charge in [-0.1, -0.05) is 62.4 Å². The van der Waals surface area contributed by atoms with Gasteiger partial charge in [-0.15, -0.1) is 0 Å². The van der Waals surface area contributed by atoms with Gasteiger partial charge < -0.3 is 10.5 Å². The maximum atomic E-state index is 13.3. The largest absolute Gasteiger partial charge is 0.436 e. The van der Waals surface area contributed by atoms with Crippen LogP contribution in [0.15, 0.2) is 71.3 Å². The summed E-state index contributed by atoms with van der Waals surface area (Å²) in [7, 11) is 0. The van der Waals surface area contributed by atoms with Gasteiger partial charge in [0.05, 0.1) is 11.5 Å². The van der Waals surface area contributed by atoms with Crippen molar-refractivity contribution < 1.29 is 14.3 Å². The Morgan fingerprint density at radius 3 is 2.18 bits per heavy atom. The van der Waals surface area contributed by atoms with Gasteiger partial charge in [-0.2, -0.15) is 5.26 Å². The minimum absolute atomic E-state index is 0.0851. The zero-order valence-corrected chi connectivity index (χ0v) is 15.5. The number of nitriles is 1. The van der Waals surface area contributed by atoms with Gasteiger partial charge in [-0.3, -0.25) is 9.59 Å². The molecule has 0 aromatic heterocycles. The average molecular weight is 370 g/mol. The Morgan fingerprint density at radius 1 is 1.00 bits per heavy atom. The van der Waals surface area contributed by atoms with Crippen LogP contribution >= 0.6 is 0 Å². The number of carbonyl (C=O) groups is 2. The van der Waals surface area contributed by atoms with Gasteiger partial charge in [0, 0.05) is 11.1 Å². The molecule has 1 heterocycles. The molecule has 5 heteroatoms. The van der Waals surface area contributed by atoms with Crippen LogP contribution in [0.5, 0.6) is 0 Å². The Balaban J connectivity index is 1.92. The summed E-state index contributed by atoms with van der Waals surface area (Å²) in [5.41, 5.74) is 8.74. The van der Waals surface area contributed by atoms with E-state index in [9.17, 15) is 14.9 Å². The van der Waals surface area contributed by atoms with E-state index in [0.29, 0.717) is 11.5 Å². The van der Waals surface area contributed by atoms with Crippen molar-refractivity contribution in [3.63, 3.8) is 0 Å². The molecule has 2 aromatic carbocycles. The van der Waals surface area contributed by atoms with Crippen LogP contribution in [0.2, 0.25) is 0 Å². The molecule has 2 aliphatic rings. The molecule has 0 saturated heterocycles. The molecule has 4 rings (SSSR count). The smallest absolute Gasteiger partial charge is 0.229 e. The highest BCUT2D eigenvalue weighted by Gasteiger charge is 2.43. The van der Waals surface area contributed by atoms with Gasteiger partial charge in [0.2, 0.25) is 11.7 Å². The van der Waals surface area contributed by atoms with Crippen LogP contribution in [0.3, 0.4) is 0 Å². The first-order valence-electron chi connectivity index (χ1n) is 9.04. The first-order chi connectivity index (χ1) is 13.4. The molecule has 1 atom stereocenters. The number of rotatable bonds is 2. The van der Waals surface area contributed by atoms with Crippen molar-refractivity contribution >= 4 is 11.6 Å². The van der Waals surface area contributed by atoms with Crippen molar-refractivity contribution in [1.82, 2.24) is 0 Å². The van der Waals surface area contributed by atoms with Crippen LogP contribution in [0.25, 0.3) is 0 Å². The van der Waals surface area contributed by atoms with Crippen molar-refractivity contribution in [2.75, 3.05) is 0 Å².